The van der Waals surface area contributed by atoms with Gasteiger partial charge in [-0.25, -0.2) is 4.79 Å². The molecule has 0 unspecified atom stereocenters. The molecule has 1 heterocycles. The lowest BCUT2D eigenvalue weighted by Crippen LogP contribution is -2.72. The molecule has 5 rings (SSSR count). The number of rotatable bonds is 6. The molecule has 178 valence electrons. The van der Waals surface area contributed by atoms with E-state index in [-0.39, 0.29) is 5.92 Å². The Balaban J connectivity index is 1.32. The van der Waals surface area contributed by atoms with Crippen LogP contribution in [-0.2, 0) is 9.59 Å². The third-order valence-corrected chi connectivity index (χ3v) is 6.61. The summed E-state index contributed by atoms with van der Waals surface area (Å²) in [4.78, 5) is 37.6. The van der Waals surface area contributed by atoms with Crippen LogP contribution in [0.25, 0.3) is 11.1 Å². The van der Waals surface area contributed by atoms with E-state index in [1.54, 1.807) is 24.3 Å². The summed E-state index contributed by atoms with van der Waals surface area (Å²) in [7, 11) is 0. The first-order valence-corrected chi connectivity index (χ1v) is 11.8. The van der Waals surface area contributed by atoms with Crippen molar-refractivity contribution in [3.8, 4) is 28.4 Å². The molecular weight excluding hydrogens is 444 g/mol. The minimum absolute atomic E-state index is 0.316. The van der Waals surface area contributed by atoms with Crippen molar-refractivity contribution in [3.05, 3.63) is 78.9 Å². The summed E-state index contributed by atoms with van der Waals surface area (Å²) in [5.74, 6) is -0.120. The van der Waals surface area contributed by atoms with E-state index < -0.39 is 23.4 Å². The molecule has 0 aromatic heterocycles. The summed E-state index contributed by atoms with van der Waals surface area (Å²) in [5, 5.41) is 4.44. The fourth-order valence-electron chi connectivity index (χ4n) is 4.83. The van der Waals surface area contributed by atoms with Crippen molar-refractivity contribution in [2.24, 2.45) is 5.92 Å². The average Bonchev–Trinajstić information content (AvgIpc) is 2.89. The Hall–Kier alpha value is -4.13. The molecule has 4 amide bonds. The molecule has 1 aliphatic carbocycles. The van der Waals surface area contributed by atoms with Gasteiger partial charge >= 0.3 is 6.03 Å². The second kappa shape index (κ2) is 9.62. The fraction of sp³-hybridized carbons (Fsp3) is 0.250. The highest BCUT2D eigenvalue weighted by molar-refractivity contribution is 6.22. The van der Waals surface area contributed by atoms with Gasteiger partial charge in [-0.3, -0.25) is 20.2 Å². The van der Waals surface area contributed by atoms with Crippen LogP contribution < -0.4 is 20.1 Å². The highest BCUT2D eigenvalue weighted by Crippen LogP contribution is 2.38. The minimum Gasteiger partial charge on any atom is -0.467 e. The van der Waals surface area contributed by atoms with E-state index in [0.717, 1.165) is 30.4 Å². The first kappa shape index (κ1) is 22.7. The highest BCUT2D eigenvalue weighted by atomic mass is 16.5. The number of nitrogens with one attached hydrogen (secondary N) is 2. The Labute approximate surface area is 203 Å². The molecule has 0 radical (unpaired) electrons. The van der Waals surface area contributed by atoms with Gasteiger partial charge in [0.1, 0.15) is 17.2 Å². The summed E-state index contributed by atoms with van der Waals surface area (Å²) in [6, 6.07) is 23.8. The van der Waals surface area contributed by atoms with Gasteiger partial charge in [-0.1, -0.05) is 61.7 Å². The number of hydrogen-bond acceptors (Lipinski definition) is 5. The first-order valence-electron chi connectivity index (χ1n) is 11.8. The molecule has 0 bridgehead atoms. The van der Waals surface area contributed by atoms with Crippen LogP contribution in [-0.4, -0.2) is 23.4 Å². The smallest absolute Gasteiger partial charge is 0.328 e. The molecule has 3 aromatic rings. The van der Waals surface area contributed by atoms with Gasteiger partial charge in [0.05, 0.1) is 0 Å². The van der Waals surface area contributed by atoms with E-state index in [0.29, 0.717) is 30.1 Å². The quantitative estimate of drug-likeness (QED) is 0.483. The number of amides is 4. The van der Waals surface area contributed by atoms with Crippen LogP contribution >= 0.6 is 0 Å². The minimum atomic E-state index is -1.77. The number of benzene rings is 3. The lowest BCUT2D eigenvalue weighted by atomic mass is 9.75. The summed E-state index contributed by atoms with van der Waals surface area (Å²) in [6.45, 7) is 0. The predicted octanol–water partition coefficient (Wildman–Crippen LogP) is 5.21. The van der Waals surface area contributed by atoms with Crippen LogP contribution in [0.2, 0.25) is 0 Å². The van der Waals surface area contributed by atoms with Crippen molar-refractivity contribution in [2.75, 3.05) is 0 Å². The second-order valence-electron chi connectivity index (χ2n) is 8.87. The van der Waals surface area contributed by atoms with Crippen LogP contribution in [0.4, 0.5) is 4.79 Å². The van der Waals surface area contributed by atoms with Gasteiger partial charge in [0.25, 0.3) is 17.4 Å². The third-order valence-electron chi connectivity index (χ3n) is 6.61. The molecule has 7 nitrogen and oxygen atoms in total. The number of hydrogen-bond donors (Lipinski definition) is 2. The van der Waals surface area contributed by atoms with Crippen molar-refractivity contribution >= 4 is 17.8 Å². The Morgan fingerprint density at radius 2 is 1.14 bits per heavy atom. The summed E-state index contributed by atoms with van der Waals surface area (Å²) >= 11 is 0. The lowest BCUT2D eigenvalue weighted by molar-refractivity contribution is -0.158. The molecule has 35 heavy (non-hydrogen) atoms. The van der Waals surface area contributed by atoms with Crippen LogP contribution in [0.1, 0.15) is 32.1 Å². The van der Waals surface area contributed by atoms with E-state index in [9.17, 15) is 14.4 Å². The second-order valence-corrected chi connectivity index (χ2v) is 8.87. The molecule has 2 aliphatic rings. The molecule has 0 spiro atoms. The van der Waals surface area contributed by atoms with Crippen LogP contribution in [0, 0.1) is 5.92 Å². The van der Waals surface area contributed by atoms with E-state index in [1.165, 1.54) is 0 Å². The lowest BCUT2D eigenvalue weighted by Gasteiger charge is -2.41. The van der Waals surface area contributed by atoms with Crippen LogP contribution in [0.15, 0.2) is 78.9 Å². The van der Waals surface area contributed by atoms with E-state index in [4.69, 9.17) is 9.47 Å². The van der Waals surface area contributed by atoms with Crippen molar-refractivity contribution in [3.63, 3.8) is 0 Å². The van der Waals surface area contributed by atoms with Crippen LogP contribution in [0.3, 0.4) is 0 Å². The summed E-state index contributed by atoms with van der Waals surface area (Å²) < 4.78 is 12.0. The fourth-order valence-corrected chi connectivity index (χ4v) is 4.83. The molecular formula is C28H26N2O5. The molecule has 0 atom stereocenters. The van der Waals surface area contributed by atoms with Crippen molar-refractivity contribution < 1.29 is 23.9 Å². The topological polar surface area (TPSA) is 93.7 Å². The Morgan fingerprint density at radius 3 is 1.74 bits per heavy atom. The van der Waals surface area contributed by atoms with E-state index in [2.05, 4.69) is 22.8 Å². The Kier molecular flexibility index (Phi) is 6.23. The van der Waals surface area contributed by atoms with Crippen molar-refractivity contribution in [1.82, 2.24) is 10.6 Å². The summed E-state index contributed by atoms with van der Waals surface area (Å²) in [5.41, 5.74) is 0.450. The molecule has 1 saturated carbocycles. The van der Waals surface area contributed by atoms with Gasteiger partial charge in [0, 0.05) is 5.92 Å². The first-order chi connectivity index (χ1) is 17.0. The van der Waals surface area contributed by atoms with Gasteiger partial charge in [-0.05, 0) is 60.4 Å². The monoisotopic (exact) mass is 470 g/mol. The number of urea groups is 1. The molecule has 2 fully saturated rings. The zero-order valence-corrected chi connectivity index (χ0v) is 19.2. The molecule has 2 N–H and O–H groups in total. The number of carbonyl (C=O) groups excluding carboxylic acids is 3. The maximum Gasteiger partial charge on any atom is 0.328 e. The van der Waals surface area contributed by atoms with Gasteiger partial charge in [-0.2, -0.15) is 0 Å². The maximum absolute atomic E-state index is 12.9. The number of carbonyl (C=O) groups is 3. The number of ether oxygens (including phenoxy) is 2. The Morgan fingerprint density at radius 1 is 0.629 bits per heavy atom. The van der Waals surface area contributed by atoms with Gasteiger partial charge in [0.15, 0.2) is 0 Å². The molecule has 1 saturated heterocycles. The van der Waals surface area contributed by atoms with Gasteiger partial charge in [0.2, 0.25) is 0 Å². The highest BCUT2D eigenvalue weighted by Gasteiger charge is 2.58. The zero-order chi connectivity index (χ0) is 24.3. The standard InChI is InChI=1S/C28H26N2O5/c31-25-28(21-9-5-2-6-10-21,26(32)30-27(33)29-25)35-24-17-15-23(16-18-24)34-22-13-11-20(12-14-22)19-7-3-1-4-8-19/h1,3-4,7-8,11-18,21H,2,5-6,9-10H2,(H2,29,30,31,32,33). The van der Waals surface area contributed by atoms with E-state index >= 15 is 0 Å². The maximum atomic E-state index is 12.9. The van der Waals surface area contributed by atoms with Crippen molar-refractivity contribution in [1.29, 1.82) is 0 Å². The molecule has 1 aliphatic heterocycles. The normalized spacial score (nSPS) is 17.9. The average molecular weight is 471 g/mol. The molecule has 7 heteroatoms. The molecule has 3 aromatic carbocycles. The number of barbiturate groups is 1. The largest absolute Gasteiger partial charge is 0.467 e. The zero-order valence-electron chi connectivity index (χ0n) is 19.2. The van der Waals surface area contributed by atoms with Gasteiger partial charge in [-0.15, -0.1) is 0 Å². The van der Waals surface area contributed by atoms with E-state index in [1.807, 2.05) is 42.5 Å². The third kappa shape index (κ3) is 4.62. The number of imide groups is 2. The van der Waals surface area contributed by atoms with Gasteiger partial charge < -0.3 is 9.47 Å². The SMILES string of the molecule is O=C1NC(=O)C(Oc2ccc(Oc3ccc(-c4ccccc4)cc3)cc2)(C2CCCCC2)C(=O)N1. The predicted molar refractivity (Wildman–Crippen MR) is 130 cm³/mol. The van der Waals surface area contributed by atoms with Crippen LogP contribution in [0.5, 0.6) is 17.2 Å². The van der Waals surface area contributed by atoms with Crippen molar-refractivity contribution in [2.45, 2.75) is 37.7 Å². The summed E-state index contributed by atoms with van der Waals surface area (Å²) in [6.07, 6.45) is 4.21. The Bertz CT molecular complexity index is 1200.